The van der Waals surface area contributed by atoms with E-state index in [9.17, 15) is 4.79 Å². The lowest BCUT2D eigenvalue weighted by molar-refractivity contribution is 0.279. The molecular formula is C17H25N3O2. The molecule has 2 atom stereocenters. The topological polar surface area (TPSA) is 60.0 Å². The van der Waals surface area contributed by atoms with E-state index in [2.05, 4.69) is 20.8 Å². The average molecular weight is 303 g/mol. The van der Waals surface area contributed by atoms with E-state index >= 15 is 0 Å². The minimum atomic E-state index is -0.00252. The second-order valence-corrected chi connectivity index (χ2v) is 7.68. The van der Waals surface area contributed by atoms with Gasteiger partial charge in [-0.2, -0.15) is 0 Å². The summed E-state index contributed by atoms with van der Waals surface area (Å²) in [5.41, 5.74) is 2.76. The van der Waals surface area contributed by atoms with Crippen LogP contribution in [0, 0.1) is 11.3 Å². The van der Waals surface area contributed by atoms with E-state index in [1.54, 1.807) is 11.6 Å². The highest BCUT2D eigenvalue weighted by Crippen LogP contribution is 2.48. The standard InChI is InChI=1S/C17H25N3O2/c1-17(2,3)10-20-14-6-5-13(12-9-11(12)7-8-21)18-15(14)19(4)16(20)22/h5-6,11-12,21H,7-10H2,1-4H3/t11-,12-/m1/s1. The van der Waals surface area contributed by atoms with Crippen molar-refractivity contribution in [2.75, 3.05) is 6.61 Å². The average Bonchev–Trinajstić information content (AvgIpc) is 3.17. The minimum absolute atomic E-state index is 0.00252. The van der Waals surface area contributed by atoms with Gasteiger partial charge in [-0.15, -0.1) is 0 Å². The van der Waals surface area contributed by atoms with Crippen molar-refractivity contribution < 1.29 is 5.11 Å². The summed E-state index contributed by atoms with van der Waals surface area (Å²) in [5, 5.41) is 9.04. The number of hydrogen-bond donors (Lipinski definition) is 1. The molecule has 0 amide bonds. The molecule has 1 saturated carbocycles. The molecule has 120 valence electrons. The van der Waals surface area contributed by atoms with Crippen LogP contribution in [0.2, 0.25) is 0 Å². The molecule has 0 spiro atoms. The Bertz CT molecular complexity index is 752. The smallest absolute Gasteiger partial charge is 0.330 e. The molecule has 3 rings (SSSR count). The van der Waals surface area contributed by atoms with E-state index in [1.807, 2.05) is 16.7 Å². The third kappa shape index (κ3) is 2.70. The van der Waals surface area contributed by atoms with Crippen LogP contribution in [0.1, 0.15) is 45.2 Å². The Morgan fingerprint density at radius 2 is 2.09 bits per heavy atom. The largest absolute Gasteiger partial charge is 0.396 e. The summed E-state index contributed by atoms with van der Waals surface area (Å²) in [5.74, 6) is 0.987. The minimum Gasteiger partial charge on any atom is -0.396 e. The number of aryl methyl sites for hydroxylation is 1. The SMILES string of the molecule is Cn1c(=O)n(CC(C)(C)C)c2ccc([C@@H]3C[C@H]3CCO)nc21. The van der Waals surface area contributed by atoms with Crippen LogP contribution in [-0.4, -0.2) is 25.8 Å². The second-order valence-electron chi connectivity index (χ2n) is 7.68. The van der Waals surface area contributed by atoms with Crippen LogP contribution in [0.5, 0.6) is 0 Å². The first-order valence-electron chi connectivity index (χ1n) is 7.99. The molecule has 1 aliphatic carbocycles. The van der Waals surface area contributed by atoms with Crippen molar-refractivity contribution in [3.8, 4) is 0 Å². The third-order valence-electron chi connectivity index (χ3n) is 4.44. The number of hydrogen-bond acceptors (Lipinski definition) is 3. The van der Waals surface area contributed by atoms with Crippen molar-refractivity contribution in [3.05, 3.63) is 28.3 Å². The fourth-order valence-electron chi connectivity index (χ4n) is 3.22. The lowest BCUT2D eigenvalue weighted by Crippen LogP contribution is -2.27. The van der Waals surface area contributed by atoms with Gasteiger partial charge in [-0.1, -0.05) is 20.8 Å². The summed E-state index contributed by atoms with van der Waals surface area (Å²) in [6.45, 7) is 7.31. The van der Waals surface area contributed by atoms with Crippen LogP contribution in [0.25, 0.3) is 11.2 Å². The third-order valence-corrected chi connectivity index (χ3v) is 4.44. The molecule has 2 heterocycles. The van der Waals surface area contributed by atoms with Gasteiger partial charge in [0.1, 0.15) is 0 Å². The molecule has 0 unspecified atom stereocenters. The number of fused-ring (bicyclic) bond motifs is 1. The number of imidazole rings is 1. The van der Waals surface area contributed by atoms with Crippen LogP contribution < -0.4 is 5.69 Å². The second kappa shape index (κ2) is 5.23. The lowest BCUT2D eigenvalue weighted by atomic mass is 9.97. The fraction of sp³-hybridized carbons (Fsp3) is 0.647. The number of rotatable bonds is 4. The molecule has 2 aromatic heterocycles. The molecule has 0 saturated heterocycles. The van der Waals surface area contributed by atoms with Gasteiger partial charge in [0.15, 0.2) is 5.65 Å². The molecule has 0 radical (unpaired) electrons. The van der Waals surface area contributed by atoms with Gasteiger partial charge < -0.3 is 5.11 Å². The molecule has 2 aromatic rings. The van der Waals surface area contributed by atoms with Gasteiger partial charge in [0.2, 0.25) is 0 Å². The van der Waals surface area contributed by atoms with Gasteiger partial charge in [-0.25, -0.2) is 9.78 Å². The zero-order valence-electron chi connectivity index (χ0n) is 13.8. The highest BCUT2D eigenvalue weighted by Gasteiger charge is 2.38. The van der Waals surface area contributed by atoms with Crippen molar-refractivity contribution >= 4 is 11.2 Å². The Kier molecular flexibility index (Phi) is 3.63. The van der Waals surface area contributed by atoms with Crippen molar-refractivity contribution in [1.82, 2.24) is 14.1 Å². The first-order valence-corrected chi connectivity index (χ1v) is 7.99. The highest BCUT2D eigenvalue weighted by molar-refractivity contribution is 5.72. The fourth-order valence-corrected chi connectivity index (χ4v) is 3.22. The molecule has 22 heavy (non-hydrogen) atoms. The summed E-state index contributed by atoms with van der Waals surface area (Å²) in [6.07, 6.45) is 1.93. The van der Waals surface area contributed by atoms with E-state index in [1.165, 1.54) is 0 Å². The Morgan fingerprint density at radius 1 is 1.36 bits per heavy atom. The Balaban J connectivity index is 2.00. The Hall–Kier alpha value is -1.62. The molecule has 1 fully saturated rings. The molecule has 0 aliphatic heterocycles. The van der Waals surface area contributed by atoms with Crippen LogP contribution in [-0.2, 0) is 13.6 Å². The summed E-state index contributed by atoms with van der Waals surface area (Å²) in [7, 11) is 1.79. The maximum Gasteiger partial charge on any atom is 0.330 e. The predicted molar refractivity (Wildman–Crippen MR) is 87.0 cm³/mol. The summed E-state index contributed by atoms with van der Waals surface area (Å²) >= 11 is 0. The molecule has 1 N–H and O–H groups in total. The zero-order chi connectivity index (χ0) is 16.1. The van der Waals surface area contributed by atoms with E-state index in [-0.39, 0.29) is 17.7 Å². The summed E-state index contributed by atoms with van der Waals surface area (Å²) in [4.78, 5) is 17.2. The van der Waals surface area contributed by atoms with Crippen molar-refractivity contribution in [1.29, 1.82) is 0 Å². The predicted octanol–water partition coefficient (Wildman–Crippen LogP) is 2.27. The zero-order valence-corrected chi connectivity index (χ0v) is 13.8. The number of aromatic nitrogens is 3. The number of nitrogens with zero attached hydrogens (tertiary/aromatic N) is 3. The van der Waals surface area contributed by atoms with Gasteiger partial charge in [0.25, 0.3) is 0 Å². The highest BCUT2D eigenvalue weighted by atomic mass is 16.3. The Morgan fingerprint density at radius 3 is 2.73 bits per heavy atom. The number of aliphatic hydroxyl groups is 1. The molecule has 0 aromatic carbocycles. The number of pyridine rings is 1. The summed E-state index contributed by atoms with van der Waals surface area (Å²) in [6, 6.07) is 4.07. The first-order chi connectivity index (χ1) is 10.3. The van der Waals surface area contributed by atoms with Gasteiger partial charge >= 0.3 is 5.69 Å². The molecule has 1 aliphatic rings. The van der Waals surface area contributed by atoms with E-state index in [0.717, 1.165) is 29.7 Å². The van der Waals surface area contributed by atoms with E-state index in [0.29, 0.717) is 18.4 Å². The Labute approximate surface area is 130 Å². The van der Waals surface area contributed by atoms with Crippen LogP contribution in [0.3, 0.4) is 0 Å². The summed E-state index contributed by atoms with van der Waals surface area (Å²) < 4.78 is 3.47. The molecule has 5 nitrogen and oxygen atoms in total. The van der Waals surface area contributed by atoms with Gasteiger partial charge in [0, 0.05) is 31.8 Å². The number of aliphatic hydroxyl groups excluding tert-OH is 1. The van der Waals surface area contributed by atoms with Gasteiger partial charge in [0.05, 0.1) is 5.52 Å². The van der Waals surface area contributed by atoms with Crippen LogP contribution >= 0.6 is 0 Å². The molecular weight excluding hydrogens is 278 g/mol. The maximum absolute atomic E-state index is 12.5. The van der Waals surface area contributed by atoms with Crippen LogP contribution in [0.4, 0.5) is 0 Å². The van der Waals surface area contributed by atoms with Gasteiger partial charge in [-0.3, -0.25) is 9.13 Å². The lowest BCUT2D eigenvalue weighted by Gasteiger charge is -2.18. The quantitative estimate of drug-likeness (QED) is 0.942. The first kappa shape index (κ1) is 15.3. The van der Waals surface area contributed by atoms with Crippen molar-refractivity contribution in [2.45, 2.75) is 46.1 Å². The van der Waals surface area contributed by atoms with Gasteiger partial charge in [-0.05, 0) is 36.3 Å². The van der Waals surface area contributed by atoms with E-state index < -0.39 is 0 Å². The maximum atomic E-state index is 12.5. The van der Waals surface area contributed by atoms with Crippen LogP contribution in [0.15, 0.2) is 16.9 Å². The van der Waals surface area contributed by atoms with E-state index in [4.69, 9.17) is 10.1 Å². The monoisotopic (exact) mass is 303 g/mol. The van der Waals surface area contributed by atoms with Crippen molar-refractivity contribution in [2.24, 2.45) is 18.4 Å². The van der Waals surface area contributed by atoms with Crippen molar-refractivity contribution in [3.63, 3.8) is 0 Å². The molecule has 5 heteroatoms. The molecule has 0 bridgehead atoms. The normalized spacial score (nSPS) is 21.5.